The first-order valence-electron chi connectivity index (χ1n) is 4.46. The number of carbonyl (C=O) groups is 1. The number of carbonyl (C=O) groups excluding carboxylic acids is 1. The highest BCUT2D eigenvalue weighted by atomic mass is 35.5. The average molecular weight is 257 g/mol. The lowest BCUT2D eigenvalue weighted by Gasteiger charge is -2.43. The fourth-order valence-corrected chi connectivity index (χ4v) is 2.52. The summed E-state index contributed by atoms with van der Waals surface area (Å²) in [7, 11) is 0. The molecule has 2 fully saturated rings. The predicted molar refractivity (Wildman–Crippen MR) is 50.9 cm³/mol. The van der Waals surface area contributed by atoms with Crippen molar-refractivity contribution in [3.05, 3.63) is 0 Å². The third kappa shape index (κ3) is 1.50. The van der Waals surface area contributed by atoms with Crippen LogP contribution >= 0.6 is 23.2 Å². The Morgan fingerprint density at radius 3 is 1.93 bits per heavy atom. The Balaban J connectivity index is 2.33. The van der Waals surface area contributed by atoms with Gasteiger partial charge >= 0.3 is 0 Å². The minimum atomic E-state index is -1.66. The monoisotopic (exact) mass is 256 g/mol. The summed E-state index contributed by atoms with van der Waals surface area (Å²) in [5.74, 6) is -2.28. The zero-order chi connectivity index (χ0) is 11.2. The van der Waals surface area contributed by atoms with Gasteiger partial charge in [0.05, 0.1) is 13.2 Å². The Kier molecular flexibility index (Phi) is 2.96. The van der Waals surface area contributed by atoms with Gasteiger partial charge in [0.2, 0.25) is 5.79 Å². The number of ether oxygens (including phenoxy) is 2. The molecule has 1 spiro atoms. The van der Waals surface area contributed by atoms with E-state index in [2.05, 4.69) is 0 Å². The zero-order valence-corrected chi connectivity index (χ0v) is 9.11. The van der Waals surface area contributed by atoms with Gasteiger partial charge in [0.1, 0.15) is 23.0 Å². The van der Waals surface area contributed by atoms with E-state index in [-0.39, 0.29) is 13.2 Å². The Morgan fingerprint density at radius 2 is 1.53 bits per heavy atom. The van der Waals surface area contributed by atoms with E-state index in [0.717, 1.165) is 0 Å². The van der Waals surface area contributed by atoms with Crippen LogP contribution in [0.4, 0.5) is 0 Å². The highest BCUT2D eigenvalue weighted by Crippen LogP contribution is 2.39. The van der Waals surface area contributed by atoms with Crippen LogP contribution in [0.1, 0.15) is 0 Å². The number of alkyl halides is 2. The largest absolute Gasteiger partial charge is 0.385 e. The maximum atomic E-state index is 11.4. The van der Waals surface area contributed by atoms with E-state index in [0.29, 0.717) is 0 Å². The molecule has 2 N–H and O–H groups in total. The summed E-state index contributed by atoms with van der Waals surface area (Å²) in [5, 5.41) is 17.1. The molecule has 0 unspecified atom stereocenters. The molecule has 0 aromatic heterocycles. The van der Waals surface area contributed by atoms with Crippen LogP contribution < -0.4 is 0 Å². The maximum Gasteiger partial charge on any atom is 0.225 e. The highest BCUT2D eigenvalue weighted by molar-refractivity contribution is 6.41. The van der Waals surface area contributed by atoms with Crippen LogP contribution in [0.5, 0.6) is 0 Å². The first kappa shape index (κ1) is 11.6. The van der Waals surface area contributed by atoms with Gasteiger partial charge in [-0.1, -0.05) is 0 Å². The number of hydrogen-bond donors (Lipinski definition) is 2. The van der Waals surface area contributed by atoms with Crippen LogP contribution in [0.3, 0.4) is 0 Å². The molecule has 0 aromatic rings. The maximum absolute atomic E-state index is 11.4. The summed E-state index contributed by atoms with van der Waals surface area (Å²) in [4.78, 5) is 11.4. The lowest BCUT2D eigenvalue weighted by molar-refractivity contribution is -0.274. The lowest BCUT2D eigenvalue weighted by Crippen LogP contribution is -2.67. The fraction of sp³-hybridized carbons (Fsp3) is 0.875. The molecule has 0 aromatic carbocycles. The molecule has 1 aliphatic carbocycles. The molecule has 0 bridgehead atoms. The van der Waals surface area contributed by atoms with Gasteiger partial charge in [-0.25, -0.2) is 0 Å². The van der Waals surface area contributed by atoms with Gasteiger partial charge in [-0.05, 0) is 0 Å². The second-order valence-corrected chi connectivity index (χ2v) is 4.45. The number of halogens is 2. The molecule has 2 aliphatic rings. The normalized spacial score (nSPS) is 44.9. The molecule has 1 saturated heterocycles. The summed E-state index contributed by atoms with van der Waals surface area (Å²) in [6.07, 6.45) is -2.83. The summed E-state index contributed by atoms with van der Waals surface area (Å²) < 4.78 is 10.3. The predicted octanol–water partition coefficient (Wildman–Crippen LogP) is -0.751. The molecule has 2 rings (SSSR count). The van der Waals surface area contributed by atoms with Gasteiger partial charge in [-0.3, -0.25) is 4.79 Å². The van der Waals surface area contributed by atoms with Crippen LogP contribution in [0.15, 0.2) is 0 Å². The average Bonchev–Trinajstić information content (AvgIpc) is 2.72. The molecular weight excluding hydrogens is 247 g/mol. The minimum Gasteiger partial charge on any atom is -0.385 e. The van der Waals surface area contributed by atoms with Gasteiger partial charge < -0.3 is 19.7 Å². The number of Topliss-reactive ketones (excluding diaryl/α,β-unsaturated/α-hetero) is 1. The van der Waals surface area contributed by atoms with Crippen LogP contribution in [0.2, 0.25) is 0 Å². The molecule has 4 atom stereocenters. The molecule has 86 valence electrons. The summed E-state index contributed by atoms with van der Waals surface area (Å²) in [5.41, 5.74) is 0. The number of ketones is 1. The molecule has 5 nitrogen and oxygen atoms in total. The molecule has 1 heterocycles. The standard InChI is InChI=1S/C8H10Cl2O5/c9-3-5(11)4(10)7(13)8(6(3)12)14-1-2-15-8/h3-4,6-7,12-13H,1-2H2/t3-,4+,6+,7-. The van der Waals surface area contributed by atoms with Crippen molar-refractivity contribution in [3.63, 3.8) is 0 Å². The van der Waals surface area contributed by atoms with Crippen LogP contribution in [0.25, 0.3) is 0 Å². The molecule has 1 saturated carbocycles. The Hall–Kier alpha value is 0.0900. The van der Waals surface area contributed by atoms with Crippen molar-refractivity contribution in [1.29, 1.82) is 0 Å². The second-order valence-electron chi connectivity index (χ2n) is 3.51. The van der Waals surface area contributed by atoms with Crippen molar-refractivity contribution < 1.29 is 24.5 Å². The number of hydrogen-bond acceptors (Lipinski definition) is 5. The smallest absolute Gasteiger partial charge is 0.225 e. The molecule has 0 amide bonds. The van der Waals surface area contributed by atoms with Crippen molar-refractivity contribution in [2.45, 2.75) is 28.7 Å². The van der Waals surface area contributed by atoms with Crippen molar-refractivity contribution in [1.82, 2.24) is 0 Å². The second kappa shape index (κ2) is 3.84. The van der Waals surface area contributed by atoms with E-state index in [1.54, 1.807) is 0 Å². The highest BCUT2D eigenvalue weighted by Gasteiger charge is 2.61. The van der Waals surface area contributed by atoms with Gasteiger partial charge in [-0.15, -0.1) is 23.2 Å². The van der Waals surface area contributed by atoms with Gasteiger partial charge in [0.25, 0.3) is 0 Å². The van der Waals surface area contributed by atoms with E-state index in [1.807, 2.05) is 0 Å². The van der Waals surface area contributed by atoms with Crippen LogP contribution in [-0.4, -0.2) is 58.0 Å². The first-order chi connectivity index (χ1) is 7.00. The molecule has 1 aliphatic heterocycles. The van der Waals surface area contributed by atoms with E-state index < -0.39 is 34.5 Å². The van der Waals surface area contributed by atoms with E-state index in [9.17, 15) is 15.0 Å². The molecule has 0 radical (unpaired) electrons. The van der Waals surface area contributed by atoms with Crippen LogP contribution in [0, 0.1) is 0 Å². The van der Waals surface area contributed by atoms with Crippen molar-refractivity contribution in [3.8, 4) is 0 Å². The quantitative estimate of drug-likeness (QED) is 0.558. The Bertz CT molecular complexity index is 258. The van der Waals surface area contributed by atoms with Gasteiger partial charge in [0, 0.05) is 0 Å². The van der Waals surface area contributed by atoms with Crippen molar-refractivity contribution in [2.75, 3.05) is 13.2 Å². The van der Waals surface area contributed by atoms with E-state index in [4.69, 9.17) is 32.7 Å². The summed E-state index contributed by atoms with van der Waals surface area (Å²) in [6, 6.07) is 0. The Labute approximate surface area is 95.9 Å². The van der Waals surface area contributed by atoms with E-state index in [1.165, 1.54) is 0 Å². The first-order valence-corrected chi connectivity index (χ1v) is 5.34. The molecular formula is C8H10Cl2O5. The number of aliphatic hydroxyl groups excluding tert-OH is 2. The number of aliphatic hydroxyl groups is 2. The zero-order valence-electron chi connectivity index (χ0n) is 7.60. The SMILES string of the molecule is O=C1[C@@H](Cl)[C@H](O)C2(OCCO2)[C@H](O)[C@H]1Cl. The summed E-state index contributed by atoms with van der Waals surface area (Å²) in [6.45, 7) is 0.436. The van der Waals surface area contributed by atoms with Crippen LogP contribution in [-0.2, 0) is 14.3 Å². The topological polar surface area (TPSA) is 76.0 Å². The van der Waals surface area contributed by atoms with Crippen molar-refractivity contribution in [2.24, 2.45) is 0 Å². The third-order valence-electron chi connectivity index (χ3n) is 2.66. The number of rotatable bonds is 0. The lowest BCUT2D eigenvalue weighted by atomic mass is 9.86. The minimum absolute atomic E-state index is 0.218. The molecule has 7 heteroatoms. The third-order valence-corrected chi connectivity index (χ3v) is 3.57. The van der Waals surface area contributed by atoms with E-state index >= 15 is 0 Å². The van der Waals surface area contributed by atoms with Gasteiger partial charge in [-0.2, -0.15) is 0 Å². The fourth-order valence-electron chi connectivity index (χ4n) is 1.83. The van der Waals surface area contributed by atoms with Crippen molar-refractivity contribution >= 4 is 29.0 Å². The Morgan fingerprint density at radius 1 is 1.13 bits per heavy atom. The van der Waals surface area contributed by atoms with Gasteiger partial charge in [0.15, 0.2) is 5.78 Å². The molecule has 15 heavy (non-hydrogen) atoms. The summed E-state index contributed by atoms with van der Waals surface area (Å²) >= 11 is 11.4.